The van der Waals surface area contributed by atoms with Crippen LogP contribution < -0.4 is 14.2 Å². The second-order valence-corrected chi connectivity index (χ2v) is 17.8. The van der Waals surface area contributed by atoms with Crippen LogP contribution in [-0.2, 0) is 0 Å². The Kier molecular flexibility index (Phi) is 11.0. The molecule has 0 saturated heterocycles. The third kappa shape index (κ3) is 7.19. The van der Waals surface area contributed by atoms with Crippen molar-refractivity contribution in [2.75, 3.05) is 19.8 Å². The van der Waals surface area contributed by atoms with Gasteiger partial charge in [0.05, 0.1) is 29.4 Å². The normalized spacial score (nSPS) is 12.0. The van der Waals surface area contributed by atoms with Crippen molar-refractivity contribution in [1.29, 1.82) is 0 Å². The standard InChI is InChI=1S/C42H48O3S4/c1-6-9-10-11-12-13-14-15-16-17-18-45-38-25-30-27(5)47-42(41(30)49-38)37-22-29-21-32-34(24-36(29)48-37)39(43-7-2)31-20-28-19-26(4)46-35(28)23-33(31)40(32)44-8-3/h19-25H,6-18H2,1-5H3. The van der Waals surface area contributed by atoms with Gasteiger partial charge in [-0.2, -0.15) is 0 Å². The molecule has 0 spiro atoms. The van der Waals surface area contributed by atoms with Crippen molar-refractivity contribution in [3.05, 3.63) is 52.2 Å². The molecule has 3 nitrogen and oxygen atoms in total. The number of hydrogen-bond acceptors (Lipinski definition) is 7. The summed E-state index contributed by atoms with van der Waals surface area (Å²) in [6.07, 6.45) is 13.4. The maximum absolute atomic E-state index is 6.45. The number of hydrogen-bond donors (Lipinski definition) is 0. The van der Waals surface area contributed by atoms with Crippen molar-refractivity contribution in [2.24, 2.45) is 0 Å². The smallest absolute Gasteiger partial charge is 0.175 e. The predicted octanol–water partition coefficient (Wildman–Crippen LogP) is 15.1. The summed E-state index contributed by atoms with van der Waals surface area (Å²) in [6, 6.07) is 16.2. The van der Waals surface area contributed by atoms with Crippen LogP contribution in [0.25, 0.3) is 61.6 Å². The highest BCUT2D eigenvalue weighted by molar-refractivity contribution is 7.31. The Morgan fingerprint density at radius 3 is 1.71 bits per heavy atom. The van der Waals surface area contributed by atoms with E-state index in [-0.39, 0.29) is 0 Å². The Balaban J connectivity index is 1.15. The first-order chi connectivity index (χ1) is 24.0. The van der Waals surface area contributed by atoms with E-state index in [1.165, 1.54) is 108 Å². The van der Waals surface area contributed by atoms with E-state index in [1.807, 2.05) is 45.3 Å². The quantitative estimate of drug-likeness (QED) is 0.0690. The zero-order valence-electron chi connectivity index (χ0n) is 29.6. The molecular weight excluding hydrogens is 681 g/mol. The Labute approximate surface area is 306 Å². The first kappa shape index (κ1) is 34.6. The van der Waals surface area contributed by atoms with Crippen molar-refractivity contribution >= 4 is 97.2 Å². The third-order valence-electron chi connectivity index (χ3n) is 9.51. The molecule has 3 aromatic carbocycles. The van der Waals surface area contributed by atoms with Crippen molar-refractivity contribution in [2.45, 2.75) is 98.8 Å². The maximum Gasteiger partial charge on any atom is 0.175 e. The largest absolute Gasteiger partial charge is 0.493 e. The molecule has 0 fully saturated rings. The molecule has 0 atom stereocenters. The van der Waals surface area contributed by atoms with Gasteiger partial charge in [0.25, 0.3) is 0 Å². The molecule has 0 aliphatic carbocycles. The molecule has 49 heavy (non-hydrogen) atoms. The maximum atomic E-state index is 6.45. The minimum Gasteiger partial charge on any atom is -0.493 e. The summed E-state index contributed by atoms with van der Waals surface area (Å²) in [5.74, 6) is 1.91. The Hall–Kier alpha value is -2.84. The molecule has 0 saturated carbocycles. The van der Waals surface area contributed by atoms with Crippen LogP contribution in [0.3, 0.4) is 0 Å². The minimum absolute atomic E-state index is 0.612. The van der Waals surface area contributed by atoms with Crippen LogP contribution in [0, 0.1) is 13.8 Å². The Morgan fingerprint density at radius 2 is 1.08 bits per heavy atom. The van der Waals surface area contributed by atoms with E-state index >= 15 is 0 Å². The summed E-state index contributed by atoms with van der Waals surface area (Å²) in [5, 5.41) is 9.39. The molecule has 0 unspecified atom stereocenters. The number of fused-ring (bicyclic) bond motifs is 5. The van der Waals surface area contributed by atoms with Gasteiger partial charge in [-0.1, -0.05) is 76.0 Å². The fourth-order valence-corrected chi connectivity index (χ4v) is 11.7. The summed E-state index contributed by atoms with van der Waals surface area (Å²) >= 11 is 7.43. The van der Waals surface area contributed by atoms with Gasteiger partial charge in [0, 0.05) is 57.0 Å². The third-order valence-corrected chi connectivity index (χ3v) is 14.1. The van der Waals surface area contributed by atoms with Crippen LogP contribution in [0.1, 0.15) is 94.7 Å². The first-order valence-electron chi connectivity index (χ1n) is 18.3. The van der Waals surface area contributed by atoms with E-state index in [0.717, 1.165) is 51.1 Å². The Bertz CT molecular complexity index is 2110. The molecule has 7 aromatic rings. The lowest BCUT2D eigenvalue weighted by molar-refractivity contribution is 0.313. The van der Waals surface area contributed by atoms with Gasteiger partial charge in [-0.15, -0.1) is 34.0 Å². The van der Waals surface area contributed by atoms with Crippen LogP contribution in [0.15, 0.2) is 42.5 Å². The fourth-order valence-electron chi connectivity index (χ4n) is 7.11. The zero-order valence-corrected chi connectivity index (χ0v) is 32.9. The van der Waals surface area contributed by atoms with Gasteiger partial charge >= 0.3 is 0 Å². The molecule has 0 bridgehead atoms. The summed E-state index contributed by atoms with van der Waals surface area (Å²) in [4.78, 5) is 5.34. The van der Waals surface area contributed by atoms with E-state index in [1.54, 1.807) is 0 Å². The van der Waals surface area contributed by atoms with Gasteiger partial charge < -0.3 is 14.2 Å². The number of benzene rings is 3. The summed E-state index contributed by atoms with van der Waals surface area (Å²) in [7, 11) is 0. The van der Waals surface area contributed by atoms with E-state index in [0.29, 0.717) is 13.2 Å². The Morgan fingerprint density at radius 1 is 0.510 bits per heavy atom. The second-order valence-electron chi connectivity index (χ2n) is 13.2. The van der Waals surface area contributed by atoms with Gasteiger partial charge in [0.15, 0.2) is 5.06 Å². The molecule has 0 aliphatic rings. The lowest BCUT2D eigenvalue weighted by Crippen LogP contribution is -1.98. The summed E-state index contributed by atoms with van der Waals surface area (Å²) in [5.41, 5.74) is 0. The van der Waals surface area contributed by atoms with Crippen molar-refractivity contribution in [3.8, 4) is 26.3 Å². The van der Waals surface area contributed by atoms with Gasteiger partial charge in [0.2, 0.25) is 0 Å². The van der Waals surface area contributed by atoms with E-state index in [9.17, 15) is 0 Å². The average molecular weight is 729 g/mol. The van der Waals surface area contributed by atoms with Crippen LogP contribution in [0.5, 0.6) is 16.6 Å². The number of rotatable bonds is 17. The van der Waals surface area contributed by atoms with Gasteiger partial charge in [-0.3, -0.25) is 0 Å². The van der Waals surface area contributed by atoms with Crippen LogP contribution in [0.4, 0.5) is 0 Å². The molecule has 7 rings (SSSR count). The average Bonchev–Trinajstić information content (AvgIpc) is 3.86. The predicted molar refractivity (Wildman–Crippen MR) is 220 cm³/mol. The zero-order chi connectivity index (χ0) is 33.9. The number of thiophene rings is 4. The minimum atomic E-state index is 0.612. The molecule has 4 heterocycles. The van der Waals surface area contributed by atoms with E-state index in [2.05, 4.69) is 77.1 Å². The van der Waals surface area contributed by atoms with Crippen molar-refractivity contribution < 1.29 is 14.2 Å². The lowest BCUT2D eigenvalue weighted by atomic mass is 9.98. The van der Waals surface area contributed by atoms with Gasteiger partial charge in [-0.05, 0) is 81.3 Å². The van der Waals surface area contributed by atoms with Gasteiger partial charge in [0.1, 0.15) is 11.5 Å². The summed E-state index contributed by atoms with van der Waals surface area (Å²) < 4.78 is 23.1. The molecule has 4 aromatic heterocycles. The highest BCUT2D eigenvalue weighted by Gasteiger charge is 2.21. The SMILES string of the molecule is CCCCCCCCCCCCOc1cc2c(C)sc(-c3cc4cc5c(OCC)c6cc7sc(C)cc7cc6c(OCC)c5cc4s3)c2s1. The van der Waals surface area contributed by atoms with Gasteiger partial charge in [-0.25, -0.2) is 0 Å². The number of unbranched alkanes of at least 4 members (excludes halogenated alkanes) is 9. The molecule has 0 N–H and O–H groups in total. The molecule has 0 aliphatic heterocycles. The van der Waals surface area contributed by atoms with Crippen molar-refractivity contribution in [3.63, 3.8) is 0 Å². The van der Waals surface area contributed by atoms with Crippen LogP contribution >= 0.6 is 45.3 Å². The highest BCUT2D eigenvalue weighted by Crippen LogP contribution is 2.51. The molecular formula is C42H48O3S4. The van der Waals surface area contributed by atoms with Crippen LogP contribution in [0.2, 0.25) is 0 Å². The lowest BCUT2D eigenvalue weighted by Gasteiger charge is -2.17. The topological polar surface area (TPSA) is 27.7 Å². The summed E-state index contributed by atoms with van der Waals surface area (Å²) in [6.45, 7) is 12.9. The van der Waals surface area contributed by atoms with Crippen LogP contribution in [-0.4, -0.2) is 19.8 Å². The van der Waals surface area contributed by atoms with E-state index < -0.39 is 0 Å². The molecule has 7 heteroatoms. The molecule has 258 valence electrons. The highest BCUT2D eigenvalue weighted by atomic mass is 32.1. The monoisotopic (exact) mass is 728 g/mol. The number of aryl methyl sites for hydroxylation is 2. The fraction of sp³-hybridized carbons (Fsp3) is 0.429. The van der Waals surface area contributed by atoms with Crippen molar-refractivity contribution in [1.82, 2.24) is 0 Å². The van der Waals surface area contributed by atoms with E-state index in [4.69, 9.17) is 14.2 Å². The first-order valence-corrected chi connectivity index (χ1v) is 21.5. The second kappa shape index (κ2) is 15.6. The molecule has 0 amide bonds. The molecule has 0 radical (unpaired) electrons. The number of ether oxygens (including phenoxy) is 3.